The minimum absolute atomic E-state index is 0.239. The van der Waals surface area contributed by atoms with E-state index in [4.69, 9.17) is 0 Å². The Morgan fingerprint density at radius 1 is 1.07 bits per heavy atom. The van der Waals surface area contributed by atoms with Gasteiger partial charge in [0.15, 0.2) is 0 Å². The summed E-state index contributed by atoms with van der Waals surface area (Å²) in [5.74, 6) is -0.330. The number of anilines is 1. The van der Waals surface area contributed by atoms with E-state index in [2.05, 4.69) is 22.3 Å². The number of likely N-dealkylation sites (tertiary alicyclic amines) is 1. The van der Waals surface area contributed by atoms with Crippen LogP contribution in [0.15, 0.2) is 48.5 Å². The van der Waals surface area contributed by atoms with Gasteiger partial charge in [-0.15, -0.1) is 0 Å². The van der Waals surface area contributed by atoms with E-state index in [0.717, 1.165) is 41.3 Å². The number of sulfonamides is 1. The minimum atomic E-state index is -3.57. The molecule has 2 aromatic rings. The molecule has 0 radical (unpaired) electrons. The first-order valence-corrected chi connectivity index (χ1v) is 11.8. The highest BCUT2D eigenvalue weighted by Crippen LogP contribution is 2.21. The van der Waals surface area contributed by atoms with Gasteiger partial charge < -0.3 is 5.32 Å². The van der Waals surface area contributed by atoms with Gasteiger partial charge in [0.1, 0.15) is 6.54 Å². The molecule has 1 saturated heterocycles. The van der Waals surface area contributed by atoms with E-state index in [1.54, 1.807) is 12.1 Å². The van der Waals surface area contributed by atoms with Crippen LogP contribution in [0.4, 0.5) is 5.69 Å². The zero-order valence-corrected chi connectivity index (χ0v) is 17.9. The SMILES string of the molecule is Cc1ccccc1N(CC(=O)NCc1cccc(CN2CCCC2)c1)S(C)(=O)=O. The number of nitrogens with zero attached hydrogens (tertiary/aromatic N) is 2. The summed E-state index contributed by atoms with van der Waals surface area (Å²) in [6, 6.07) is 15.3. The van der Waals surface area contributed by atoms with Gasteiger partial charge in [-0.25, -0.2) is 8.42 Å². The third-order valence-electron chi connectivity index (χ3n) is 5.16. The standard InChI is InChI=1S/C22H29N3O3S/c1-18-8-3-4-11-21(18)25(29(2,27)28)17-22(26)23-15-19-9-7-10-20(14-19)16-24-12-5-6-13-24/h3-4,7-11,14H,5-6,12-13,15-17H2,1-2H3,(H,23,26). The number of hydrogen-bond donors (Lipinski definition) is 1. The van der Waals surface area contributed by atoms with Crippen LogP contribution in [0.3, 0.4) is 0 Å². The molecule has 1 aliphatic heterocycles. The molecule has 29 heavy (non-hydrogen) atoms. The lowest BCUT2D eigenvalue weighted by Crippen LogP contribution is -2.40. The molecule has 1 amide bonds. The minimum Gasteiger partial charge on any atom is -0.350 e. The predicted molar refractivity (Wildman–Crippen MR) is 116 cm³/mol. The second-order valence-electron chi connectivity index (χ2n) is 7.64. The molecule has 0 saturated carbocycles. The highest BCUT2D eigenvalue weighted by atomic mass is 32.2. The fourth-order valence-corrected chi connectivity index (χ4v) is 4.56. The Morgan fingerprint density at radius 3 is 2.45 bits per heavy atom. The molecule has 3 rings (SSSR count). The van der Waals surface area contributed by atoms with E-state index >= 15 is 0 Å². The van der Waals surface area contributed by atoms with Crippen molar-refractivity contribution < 1.29 is 13.2 Å². The maximum absolute atomic E-state index is 12.5. The second kappa shape index (κ2) is 9.41. The third kappa shape index (κ3) is 6.05. The van der Waals surface area contributed by atoms with Crippen molar-refractivity contribution in [1.29, 1.82) is 0 Å². The lowest BCUT2D eigenvalue weighted by molar-refractivity contribution is -0.119. The van der Waals surface area contributed by atoms with Crippen LogP contribution < -0.4 is 9.62 Å². The number of para-hydroxylation sites is 1. The molecule has 6 nitrogen and oxygen atoms in total. The van der Waals surface area contributed by atoms with Crippen molar-refractivity contribution in [3.05, 3.63) is 65.2 Å². The Hall–Kier alpha value is -2.38. The maximum Gasteiger partial charge on any atom is 0.241 e. The Morgan fingerprint density at radius 2 is 1.76 bits per heavy atom. The van der Waals surface area contributed by atoms with Gasteiger partial charge in [-0.2, -0.15) is 0 Å². The highest BCUT2D eigenvalue weighted by Gasteiger charge is 2.22. The molecule has 0 spiro atoms. The van der Waals surface area contributed by atoms with E-state index in [9.17, 15) is 13.2 Å². The van der Waals surface area contributed by atoms with E-state index in [-0.39, 0.29) is 12.5 Å². The van der Waals surface area contributed by atoms with Gasteiger partial charge in [0.05, 0.1) is 11.9 Å². The largest absolute Gasteiger partial charge is 0.350 e. The molecule has 0 unspecified atom stereocenters. The Bertz CT molecular complexity index is 953. The number of carbonyl (C=O) groups excluding carboxylic acids is 1. The number of amides is 1. The van der Waals surface area contributed by atoms with Crippen molar-refractivity contribution >= 4 is 21.6 Å². The highest BCUT2D eigenvalue weighted by molar-refractivity contribution is 7.92. The fraction of sp³-hybridized carbons (Fsp3) is 0.409. The van der Waals surface area contributed by atoms with Gasteiger partial charge in [0.2, 0.25) is 15.9 Å². The van der Waals surface area contributed by atoms with Crippen LogP contribution in [0.1, 0.15) is 29.5 Å². The van der Waals surface area contributed by atoms with E-state index in [1.807, 2.05) is 31.2 Å². The molecule has 1 fully saturated rings. The van der Waals surface area contributed by atoms with Crippen molar-refractivity contribution in [3.8, 4) is 0 Å². The number of aryl methyl sites for hydroxylation is 1. The lowest BCUT2D eigenvalue weighted by atomic mass is 10.1. The van der Waals surface area contributed by atoms with E-state index < -0.39 is 10.0 Å². The molecule has 156 valence electrons. The van der Waals surface area contributed by atoms with Crippen molar-refractivity contribution in [2.24, 2.45) is 0 Å². The summed E-state index contributed by atoms with van der Waals surface area (Å²) >= 11 is 0. The van der Waals surface area contributed by atoms with Gasteiger partial charge in [0.25, 0.3) is 0 Å². The summed E-state index contributed by atoms with van der Waals surface area (Å²) < 4.78 is 25.6. The summed E-state index contributed by atoms with van der Waals surface area (Å²) in [7, 11) is -3.57. The molecular formula is C22H29N3O3S. The average Bonchev–Trinajstić information content (AvgIpc) is 3.18. The number of benzene rings is 2. The molecule has 0 aliphatic carbocycles. The van der Waals surface area contributed by atoms with Gasteiger partial charge >= 0.3 is 0 Å². The molecule has 7 heteroatoms. The van der Waals surface area contributed by atoms with Crippen LogP contribution in [0.5, 0.6) is 0 Å². The molecular weight excluding hydrogens is 386 g/mol. The average molecular weight is 416 g/mol. The Balaban J connectivity index is 1.61. The molecule has 1 aliphatic rings. The van der Waals surface area contributed by atoms with Crippen LogP contribution in [-0.4, -0.2) is 45.1 Å². The summed E-state index contributed by atoms with van der Waals surface area (Å²) in [5.41, 5.74) is 3.58. The molecule has 1 heterocycles. The zero-order chi connectivity index (χ0) is 20.9. The molecule has 0 bridgehead atoms. The first-order chi connectivity index (χ1) is 13.8. The van der Waals surface area contributed by atoms with Crippen molar-refractivity contribution in [3.63, 3.8) is 0 Å². The maximum atomic E-state index is 12.5. The quantitative estimate of drug-likeness (QED) is 0.720. The molecule has 1 N–H and O–H groups in total. The lowest BCUT2D eigenvalue weighted by Gasteiger charge is -2.23. The monoisotopic (exact) mass is 415 g/mol. The van der Waals surface area contributed by atoms with Crippen molar-refractivity contribution in [1.82, 2.24) is 10.2 Å². The summed E-state index contributed by atoms with van der Waals surface area (Å²) in [5, 5.41) is 2.85. The topological polar surface area (TPSA) is 69.7 Å². The van der Waals surface area contributed by atoms with Crippen LogP contribution >= 0.6 is 0 Å². The van der Waals surface area contributed by atoms with E-state index in [0.29, 0.717) is 12.2 Å². The van der Waals surface area contributed by atoms with Gasteiger partial charge in [0, 0.05) is 13.1 Å². The van der Waals surface area contributed by atoms with Gasteiger partial charge in [-0.3, -0.25) is 14.0 Å². The first-order valence-electron chi connectivity index (χ1n) is 9.93. The zero-order valence-electron chi connectivity index (χ0n) is 17.1. The Labute approximate surface area is 173 Å². The molecule has 0 aromatic heterocycles. The van der Waals surface area contributed by atoms with Gasteiger partial charge in [-0.05, 0) is 55.6 Å². The van der Waals surface area contributed by atoms with Crippen LogP contribution in [0.2, 0.25) is 0 Å². The van der Waals surface area contributed by atoms with Crippen molar-refractivity contribution in [2.45, 2.75) is 32.9 Å². The van der Waals surface area contributed by atoms with Crippen LogP contribution in [0, 0.1) is 6.92 Å². The van der Waals surface area contributed by atoms with Crippen LogP contribution in [0.25, 0.3) is 0 Å². The van der Waals surface area contributed by atoms with Crippen LogP contribution in [-0.2, 0) is 27.9 Å². The normalized spacial score (nSPS) is 14.7. The number of nitrogens with one attached hydrogen (secondary N) is 1. The number of carbonyl (C=O) groups is 1. The van der Waals surface area contributed by atoms with Gasteiger partial charge in [-0.1, -0.05) is 42.5 Å². The summed E-state index contributed by atoms with van der Waals surface area (Å²) in [4.78, 5) is 14.9. The summed E-state index contributed by atoms with van der Waals surface area (Å²) in [6.07, 6.45) is 3.63. The number of hydrogen-bond acceptors (Lipinski definition) is 4. The Kier molecular flexibility index (Phi) is 6.92. The molecule has 0 atom stereocenters. The second-order valence-corrected chi connectivity index (χ2v) is 9.54. The smallest absolute Gasteiger partial charge is 0.241 e. The third-order valence-corrected chi connectivity index (χ3v) is 6.28. The predicted octanol–water partition coefficient (Wildman–Crippen LogP) is 2.67. The van der Waals surface area contributed by atoms with Crippen molar-refractivity contribution in [2.75, 3.05) is 30.2 Å². The van der Waals surface area contributed by atoms with E-state index in [1.165, 1.54) is 18.4 Å². The fourth-order valence-electron chi connectivity index (χ4n) is 3.65. The number of rotatable bonds is 8. The molecule has 2 aromatic carbocycles. The summed E-state index contributed by atoms with van der Waals surface area (Å²) in [6.45, 7) is 5.17. The first kappa shape index (κ1) is 21.3.